The van der Waals surface area contributed by atoms with Crippen molar-refractivity contribution in [2.75, 3.05) is 25.5 Å². The molecular formula is C26H31N3O5S. The second kappa shape index (κ2) is 10.6. The van der Waals surface area contributed by atoms with Gasteiger partial charge in [-0.05, 0) is 48.2 Å². The number of hydrogen-bond acceptors (Lipinski definition) is 5. The molecule has 0 saturated carbocycles. The molecule has 0 aromatic heterocycles. The van der Waals surface area contributed by atoms with Crippen molar-refractivity contribution in [3.05, 3.63) is 59.8 Å². The van der Waals surface area contributed by atoms with Gasteiger partial charge in [0.2, 0.25) is 21.8 Å². The maximum Gasteiger partial charge on any atom is 0.243 e. The number of fused-ring (bicyclic) bond motifs is 1. The highest BCUT2D eigenvalue weighted by Crippen LogP contribution is 2.34. The van der Waals surface area contributed by atoms with E-state index in [1.54, 1.807) is 17.2 Å². The summed E-state index contributed by atoms with van der Waals surface area (Å²) in [7, 11) is -2.23. The molecule has 2 aliphatic heterocycles. The summed E-state index contributed by atoms with van der Waals surface area (Å²) in [6, 6.07) is 11.7. The summed E-state index contributed by atoms with van der Waals surface area (Å²) >= 11 is 0. The van der Waals surface area contributed by atoms with Gasteiger partial charge >= 0.3 is 0 Å². The lowest BCUT2D eigenvalue weighted by atomic mass is 9.93. The first-order chi connectivity index (χ1) is 16.8. The van der Waals surface area contributed by atoms with Crippen molar-refractivity contribution < 1.29 is 22.7 Å². The fourth-order valence-electron chi connectivity index (χ4n) is 4.67. The van der Waals surface area contributed by atoms with Crippen LogP contribution < -0.4 is 10.1 Å². The zero-order valence-electron chi connectivity index (χ0n) is 20.1. The largest absolute Gasteiger partial charge is 0.495 e. The number of benzene rings is 2. The van der Waals surface area contributed by atoms with Crippen LogP contribution in [0, 0.1) is 0 Å². The first-order valence-corrected chi connectivity index (χ1v) is 13.3. The molecule has 8 nitrogen and oxygen atoms in total. The third-order valence-corrected chi connectivity index (χ3v) is 8.39. The van der Waals surface area contributed by atoms with Crippen LogP contribution in [0.1, 0.15) is 56.2 Å². The standard InChI is InChI=1S/C26H31N3O5S/c1-19(30)29-16-13-20-9-5-6-10-22(20)24(29)18-26(31)27-23-17-21(11-12-25(23)34-2)35(32,33)28-14-7-3-4-8-15-28/h5-6,9-13,16-17,24H,3-4,7-8,14-15,18H2,1-2H3,(H,27,31). The predicted octanol–water partition coefficient (Wildman–Crippen LogP) is 4.16. The second-order valence-corrected chi connectivity index (χ2v) is 10.8. The van der Waals surface area contributed by atoms with Crippen LogP contribution in [0.15, 0.2) is 53.6 Å². The first-order valence-electron chi connectivity index (χ1n) is 11.9. The lowest BCUT2D eigenvalue weighted by Crippen LogP contribution is -2.33. The molecule has 1 atom stereocenters. The summed E-state index contributed by atoms with van der Waals surface area (Å²) in [5.74, 6) is -0.161. The normalized spacial score (nSPS) is 18.5. The van der Waals surface area contributed by atoms with E-state index in [9.17, 15) is 18.0 Å². The highest BCUT2D eigenvalue weighted by Gasteiger charge is 2.29. The van der Waals surface area contributed by atoms with E-state index in [1.165, 1.54) is 30.5 Å². The molecule has 2 aromatic carbocycles. The van der Waals surface area contributed by atoms with Crippen LogP contribution in [0.4, 0.5) is 5.69 Å². The van der Waals surface area contributed by atoms with E-state index in [2.05, 4.69) is 5.32 Å². The monoisotopic (exact) mass is 497 g/mol. The van der Waals surface area contributed by atoms with E-state index in [1.807, 2.05) is 30.3 Å². The van der Waals surface area contributed by atoms with E-state index in [0.29, 0.717) is 18.8 Å². The molecule has 186 valence electrons. The molecule has 2 aromatic rings. The van der Waals surface area contributed by atoms with E-state index in [-0.39, 0.29) is 28.8 Å². The number of nitrogens with one attached hydrogen (secondary N) is 1. The quantitative estimate of drug-likeness (QED) is 0.647. The van der Waals surface area contributed by atoms with Gasteiger partial charge in [0.25, 0.3) is 0 Å². The van der Waals surface area contributed by atoms with Crippen molar-refractivity contribution in [2.24, 2.45) is 0 Å². The van der Waals surface area contributed by atoms with Crippen molar-refractivity contribution in [1.29, 1.82) is 0 Å². The molecule has 9 heteroatoms. The third-order valence-electron chi connectivity index (χ3n) is 6.50. The predicted molar refractivity (Wildman–Crippen MR) is 134 cm³/mol. The van der Waals surface area contributed by atoms with Crippen LogP contribution in [-0.4, -0.2) is 49.6 Å². The topological polar surface area (TPSA) is 96.0 Å². The van der Waals surface area contributed by atoms with Crippen molar-refractivity contribution >= 4 is 33.6 Å². The molecule has 2 amide bonds. The van der Waals surface area contributed by atoms with Gasteiger partial charge in [0, 0.05) is 26.2 Å². The number of methoxy groups -OCH3 is 1. The zero-order chi connectivity index (χ0) is 25.0. The number of anilines is 1. The molecule has 1 fully saturated rings. The summed E-state index contributed by atoms with van der Waals surface area (Å²) in [4.78, 5) is 27.0. The van der Waals surface area contributed by atoms with Crippen LogP contribution in [0.5, 0.6) is 5.75 Å². The van der Waals surface area contributed by atoms with E-state index in [0.717, 1.165) is 36.8 Å². The van der Waals surface area contributed by atoms with Crippen molar-refractivity contribution in [3.63, 3.8) is 0 Å². The van der Waals surface area contributed by atoms with Crippen LogP contribution in [0.3, 0.4) is 0 Å². The minimum absolute atomic E-state index is 0.00713. The van der Waals surface area contributed by atoms with Crippen molar-refractivity contribution in [3.8, 4) is 5.75 Å². The maximum atomic E-state index is 13.3. The number of rotatable bonds is 6. The molecule has 0 spiro atoms. The third kappa shape index (κ3) is 5.41. The van der Waals surface area contributed by atoms with Crippen LogP contribution in [-0.2, 0) is 19.6 Å². The smallest absolute Gasteiger partial charge is 0.243 e. The second-order valence-electron chi connectivity index (χ2n) is 8.82. The lowest BCUT2D eigenvalue weighted by Gasteiger charge is -2.32. The summed E-state index contributed by atoms with van der Waals surface area (Å²) < 4.78 is 33.4. The molecular weight excluding hydrogens is 466 g/mol. The number of nitrogens with zero attached hydrogens (tertiary/aromatic N) is 2. The molecule has 2 aliphatic rings. The van der Waals surface area contributed by atoms with Gasteiger partial charge in [-0.15, -0.1) is 0 Å². The fourth-order valence-corrected chi connectivity index (χ4v) is 6.21. The Kier molecular flexibility index (Phi) is 7.57. The summed E-state index contributed by atoms with van der Waals surface area (Å²) in [5, 5.41) is 2.82. The average molecular weight is 498 g/mol. The molecule has 2 heterocycles. The van der Waals surface area contributed by atoms with E-state index >= 15 is 0 Å². The number of amides is 2. The molecule has 1 saturated heterocycles. The number of ether oxygens (including phenoxy) is 1. The Labute approximate surface area is 206 Å². The van der Waals surface area contributed by atoms with Crippen LogP contribution >= 0.6 is 0 Å². The van der Waals surface area contributed by atoms with Crippen LogP contribution in [0.25, 0.3) is 6.08 Å². The Morgan fingerprint density at radius 2 is 1.77 bits per heavy atom. The Hall–Kier alpha value is -3.17. The van der Waals surface area contributed by atoms with Crippen molar-refractivity contribution in [1.82, 2.24) is 9.21 Å². The van der Waals surface area contributed by atoms with Gasteiger partial charge in [0.15, 0.2) is 0 Å². The molecule has 0 radical (unpaired) electrons. The molecule has 0 bridgehead atoms. The van der Waals surface area contributed by atoms with Gasteiger partial charge in [-0.2, -0.15) is 4.31 Å². The number of carbonyl (C=O) groups is 2. The Balaban J connectivity index is 1.58. The Morgan fingerprint density at radius 3 is 2.46 bits per heavy atom. The zero-order valence-corrected chi connectivity index (χ0v) is 20.9. The van der Waals surface area contributed by atoms with E-state index in [4.69, 9.17) is 4.74 Å². The first kappa shape index (κ1) is 24.9. The number of carbonyl (C=O) groups excluding carboxylic acids is 2. The summed E-state index contributed by atoms with van der Waals surface area (Å²) in [6.45, 7) is 2.44. The molecule has 35 heavy (non-hydrogen) atoms. The van der Waals surface area contributed by atoms with Gasteiger partial charge in [-0.1, -0.05) is 37.1 Å². The number of hydrogen-bond donors (Lipinski definition) is 1. The highest BCUT2D eigenvalue weighted by molar-refractivity contribution is 7.89. The minimum Gasteiger partial charge on any atom is -0.495 e. The van der Waals surface area contributed by atoms with Gasteiger partial charge < -0.3 is 15.0 Å². The average Bonchev–Trinajstić information content (AvgIpc) is 3.14. The van der Waals surface area contributed by atoms with Gasteiger partial charge in [-0.25, -0.2) is 8.42 Å². The summed E-state index contributed by atoms with van der Waals surface area (Å²) in [5.41, 5.74) is 2.11. The lowest BCUT2D eigenvalue weighted by molar-refractivity contribution is -0.129. The SMILES string of the molecule is COc1ccc(S(=O)(=O)N2CCCCCC2)cc1NC(=O)CC1c2ccccc2C=CN1C(C)=O. The molecule has 0 aliphatic carbocycles. The van der Waals surface area contributed by atoms with Gasteiger partial charge in [0.1, 0.15) is 5.75 Å². The summed E-state index contributed by atoms with van der Waals surface area (Å²) in [6.07, 6.45) is 7.27. The molecule has 1 N–H and O–H groups in total. The van der Waals surface area contributed by atoms with Gasteiger partial charge in [-0.3, -0.25) is 9.59 Å². The van der Waals surface area contributed by atoms with Gasteiger partial charge in [0.05, 0.1) is 30.2 Å². The number of sulfonamides is 1. The van der Waals surface area contributed by atoms with Crippen molar-refractivity contribution in [2.45, 2.75) is 50.0 Å². The Morgan fingerprint density at radius 1 is 1.06 bits per heavy atom. The van der Waals surface area contributed by atoms with E-state index < -0.39 is 16.1 Å². The fraction of sp³-hybridized carbons (Fsp3) is 0.385. The Bertz CT molecular complexity index is 1230. The maximum absolute atomic E-state index is 13.3. The molecule has 1 unspecified atom stereocenters. The minimum atomic E-state index is -3.69. The van der Waals surface area contributed by atoms with Crippen LogP contribution in [0.2, 0.25) is 0 Å². The molecule has 4 rings (SSSR count). The highest BCUT2D eigenvalue weighted by atomic mass is 32.2.